The van der Waals surface area contributed by atoms with Crippen molar-refractivity contribution in [1.29, 1.82) is 0 Å². The second-order valence-corrected chi connectivity index (χ2v) is 12.2. The minimum absolute atomic E-state index is 0.184. The quantitative estimate of drug-likeness (QED) is 0.124. The maximum absolute atomic E-state index is 13.3. The van der Waals surface area contributed by atoms with E-state index < -0.39 is 11.7 Å². The van der Waals surface area contributed by atoms with E-state index in [1.54, 1.807) is 18.2 Å². The first-order chi connectivity index (χ1) is 19.5. The molecule has 41 heavy (non-hydrogen) atoms. The molecular formula is C34H29F3N2O2. The van der Waals surface area contributed by atoms with Crippen LogP contribution in [0.2, 0.25) is 0 Å². The van der Waals surface area contributed by atoms with Crippen LogP contribution in [-0.2, 0) is 6.18 Å². The van der Waals surface area contributed by atoms with Gasteiger partial charge in [-0.15, -0.1) is 0 Å². The Balaban J connectivity index is 1.42. The van der Waals surface area contributed by atoms with Crippen LogP contribution in [0.15, 0.2) is 66.7 Å². The molecule has 0 bridgehead atoms. The van der Waals surface area contributed by atoms with E-state index in [-0.39, 0.29) is 22.9 Å². The van der Waals surface area contributed by atoms with Crippen LogP contribution in [0.4, 0.5) is 13.2 Å². The van der Waals surface area contributed by atoms with Gasteiger partial charge in [-0.05, 0) is 68.9 Å². The van der Waals surface area contributed by atoms with Crippen molar-refractivity contribution in [2.24, 2.45) is 11.8 Å². The average Bonchev–Trinajstić information content (AvgIpc) is 2.95. The van der Waals surface area contributed by atoms with Crippen molar-refractivity contribution in [3.63, 3.8) is 0 Å². The predicted octanol–water partition coefficient (Wildman–Crippen LogP) is 8.88. The Kier molecular flexibility index (Phi) is 5.69. The van der Waals surface area contributed by atoms with E-state index in [1.807, 2.05) is 18.2 Å². The fourth-order valence-electron chi connectivity index (χ4n) is 7.01. The number of benzene rings is 4. The van der Waals surface area contributed by atoms with Gasteiger partial charge < -0.3 is 4.74 Å². The van der Waals surface area contributed by atoms with Crippen molar-refractivity contribution in [3.05, 3.63) is 89.0 Å². The van der Waals surface area contributed by atoms with Gasteiger partial charge in [-0.3, -0.25) is 4.79 Å². The zero-order valence-electron chi connectivity index (χ0n) is 23.0. The lowest BCUT2D eigenvalue weighted by molar-refractivity contribution is -0.137. The minimum atomic E-state index is -4.46. The molecule has 208 valence electrons. The van der Waals surface area contributed by atoms with Crippen molar-refractivity contribution in [2.75, 3.05) is 0 Å². The molecule has 1 aliphatic heterocycles. The summed E-state index contributed by atoms with van der Waals surface area (Å²) < 4.78 is 45.9. The highest BCUT2D eigenvalue weighted by Gasteiger charge is 2.47. The van der Waals surface area contributed by atoms with Crippen LogP contribution >= 0.6 is 0 Å². The first-order valence-electron chi connectivity index (χ1n) is 14.1. The molecule has 7 heteroatoms. The molecule has 5 aromatic rings. The van der Waals surface area contributed by atoms with Gasteiger partial charge in [-0.2, -0.15) is 13.2 Å². The maximum Gasteiger partial charge on any atom is 0.416 e. The van der Waals surface area contributed by atoms with Gasteiger partial charge in [-0.1, -0.05) is 49.7 Å². The molecule has 0 spiro atoms. The zero-order valence-corrected chi connectivity index (χ0v) is 23.0. The summed E-state index contributed by atoms with van der Waals surface area (Å²) >= 11 is 0. The van der Waals surface area contributed by atoms with E-state index >= 15 is 0 Å². The number of alkyl halides is 3. The van der Waals surface area contributed by atoms with Crippen molar-refractivity contribution in [3.8, 4) is 5.75 Å². The average molecular weight is 555 g/mol. The maximum atomic E-state index is 13.3. The molecule has 1 aromatic heterocycles. The number of halogens is 3. The molecule has 0 amide bonds. The van der Waals surface area contributed by atoms with Crippen LogP contribution in [0.5, 0.6) is 5.75 Å². The normalized spacial score (nSPS) is 21.9. The van der Waals surface area contributed by atoms with Crippen molar-refractivity contribution >= 4 is 38.6 Å². The van der Waals surface area contributed by atoms with Gasteiger partial charge in [0.1, 0.15) is 11.4 Å². The van der Waals surface area contributed by atoms with Gasteiger partial charge in [0.2, 0.25) is 0 Å². The van der Waals surface area contributed by atoms with Crippen LogP contribution in [0.25, 0.3) is 32.8 Å². The first kappa shape index (κ1) is 25.9. The molecule has 3 atom stereocenters. The third-order valence-electron chi connectivity index (χ3n) is 9.07. The smallest absolute Gasteiger partial charge is 0.416 e. The number of carbonyl (C=O) groups is 1. The molecule has 2 aliphatic rings. The third-order valence-corrected chi connectivity index (χ3v) is 9.07. The second kappa shape index (κ2) is 9.00. The Hall–Kier alpha value is -4.00. The Morgan fingerprint density at radius 2 is 1.56 bits per heavy atom. The Morgan fingerprint density at radius 3 is 2.29 bits per heavy atom. The topological polar surface area (TPSA) is 52.1 Å². The predicted molar refractivity (Wildman–Crippen MR) is 153 cm³/mol. The van der Waals surface area contributed by atoms with Crippen molar-refractivity contribution in [1.82, 2.24) is 9.97 Å². The molecule has 0 radical (unpaired) electrons. The van der Waals surface area contributed by atoms with E-state index in [4.69, 9.17) is 14.7 Å². The summed E-state index contributed by atoms with van der Waals surface area (Å²) in [5.74, 6) is 1.71. The zero-order chi connectivity index (χ0) is 28.7. The molecule has 1 saturated carbocycles. The third kappa shape index (κ3) is 4.16. The number of hydrogen-bond donors (Lipinski definition) is 0. The number of nitrogens with zero attached hydrogens (tertiary/aromatic N) is 2. The van der Waals surface area contributed by atoms with Gasteiger partial charge in [0.15, 0.2) is 5.78 Å². The minimum Gasteiger partial charge on any atom is -0.487 e. The number of hydrogen-bond acceptors (Lipinski definition) is 4. The molecule has 0 N–H and O–H groups in total. The summed E-state index contributed by atoms with van der Waals surface area (Å²) in [6, 6.07) is 17.6. The summed E-state index contributed by atoms with van der Waals surface area (Å²) in [7, 11) is 0. The summed E-state index contributed by atoms with van der Waals surface area (Å²) in [5, 5.41) is 2.00. The number of rotatable bonds is 2. The fourth-order valence-corrected chi connectivity index (χ4v) is 7.01. The molecule has 0 saturated heterocycles. The number of ether oxygens (including phenoxy) is 1. The first-order valence-corrected chi connectivity index (χ1v) is 14.1. The molecular weight excluding hydrogens is 525 g/mol. The van der Waals surface area contributed by atoms with Gasteiger partial charge in [0, 0.05) is 33.4 Å². The van der Waals surface area contributed by atoms with Gasteiger partial charge in [-0.25, -0.2) is 9.97 Å². The highest BCUT2D eigenvalue weighted by atomic mass is 19.4. The van der Waals surface area contributed by atoms with Crippen molar-refractivity contribution in [2.45, 2.75) is 57.7 Å². The summed E-state index contributed by atoms with van der Waals surface area (Å²) in [6.07, 6.45) is -1.17. The second-order valence-electron chi connectivity index (χ2n) is 12.2. The van der Waals surface area contributed by atoms with Gasteiger partial charge in [0.25, 0.3) is 0 Å². The number of ketones is 1. The van der Waals surface area contributed by atoms with E-state index in [2.05, 4.69) is 26.8 Å². The summed E-state index contributed by atoms with van der Waals surface area (Å²) in [4.78, 5) is 23.5. The number of aromatic nitrogens is 2. The lowest BCUT2D eigenvalue weighted by Crippen LogP contribution is -2.46. The molecule has 4 aromatic carbocycles. The highest BCUT2D eigenvalue weighted by Crippen LogP contribution is 2.56. The SMILES string of the molecule is C[C@H]1CC[C@H]2[C@H](C1)c1c(c3ccccc3c3nc4ccc(C(=O)c5ccc(C(F)(F)F)cc5)cc4nc13)OC2(C)C. The summed E-state index contributed by atoms with van der Waals surface area (Å²) in [6.45, 7) is 6.68. The van der Waals surface area contributed by atoms with Gasteiger partial charge in [0.05, 0.1) is 27.6 Å². The van der Waals surface area contributed by atoms with E-state index in [9.17, 15) is 18.0 Å². The van der Waals surface area contributed by atoms with E-state index in [0.29, 0.717) is 28.4 Å². The van der Waals surface area contributed by atoms with E-state index in [0.717, 1.165) is 58.1 Å². The Morgan fingerprint density at radius 1 is 0.878 bits per heavy atom. The lowest BCUT2D eigenvalue weighted by atomic mass is 9.64. The molecule has 1 aliphatic carbocycles. The largest absolute Gasteiger partial charge is 0.487 e. The van der Waals surface area contributed by atoms with E-state index in [1.165, 1.54) is 18.6 Å². The molecule has 2 heterocycles. The Bertz CT molecular complexity index is 1860. The van der Waals surface area contributed by atoms with Crippen LogP contribution in [0, 0.1) is 11.8 Å². The summed E-state index contributed by atoms with van der Waals surface area (Å²) in [5.41, 5.74) is 3.35. The molecule has 0 unspecified atom stereocenters. The van der Waals surface area contributed by atoms with Crippen LogP contribution in [0.3, 0.4) is 0 Å². The standard InChI is InChI=1S/C34H29F3N2O2/c1-18-8-14-25-24(16-18)28-30-29(22-6-4-5-7-23(22)32(28)41-33(25,2)3)38-26-15-11-20(17-27(26)39-30)31(40)19-9-12-21(13-10-19)34(35,36)37/h4-7,9-13,15,17-18,24-25H,8,14,16H2,1-3H3/t18-,24-,25-/m0/s1. The highest BCUT2D eigenvalue weighted by molar-refractivity contribution is 6.13. The molecule has 4 nitrogen and oxygen atoms in total. The molecule has 7 rings (SSSR count). The van der Waals surface area contributed by atoms with Crippen molar-refractivity contribution < 1.29 is 22.7 Å². The number of fused-ring (bicyclic) bond motifs is 9. The van der Waals surface area contributed by atoms with Crippen LogP contribution in [0.1, 0.15) is 73.0 Å². The fraction of sp³-hybridized carbons (Fsp3) is 0.324. The molecule has 1 fully saturated rings. The Labute approximate surface area is 235 Å². The van der Waals surface area contributed by atoms with Crippen LogP contribution < -0.4 is 4.74 Å². The van der Waals surface area contributed by atoms with Crippen LogP contribution in [-0.4, -0.2) is 21.4 Å². The lowest BCUT2D eigenvalue weighted by Gasteiger charge is -2.49. The van der Waals surface area contributed by atoms with Gasteiger partial charge >= 0.3 is 6.18 Å². The number of carbonyl (C=O) groups excluding carboxylic acids is 1. The monoisotopic (exact) mass is 554 g/mol.